The van der Waals surface area contributed by atoms with Gasteiger partial charge in [-0.1, -0.05) is 65.7 Å². The van der Waals surface area contributed by atoms with Crippen molar-refractivity contribution in [3.05, 3.63) is 106 Å². The van der Waals surface area contributed by atoms with Crippen LogP contribution in [0.3, 0.4) is 0 Å². The van der Waals surface area contributed by atoms with E-state index in [-0.39, 0.29) is 5.57 Å². The van der Waals surface area contributed by atoms with Gasteiger partial charge in [-0.25, -0.2) is 5.01 Å². The average Bonchev–Trinajstić information content (AvgIpc) is 3.29. The van der Waals surface area contributed by atoms with Crippen LogP contribution in [-0.2, 0) is 16.1 Å². The number of anilines is 1. The highest BCUT2D eigenvalue weighted by Gasteiger charge is 2.34. The zero-order valence-corrected chi connectivity index (χ0v) is 18.3. The third-order valence-electron chi connectivity index (χ3n) is 5.38. The van der Waals surface area contributed by atoms with Gasteiger partial charge in [0.25, 0.3) is 11.8 Å². The molecule has 2 heterocycles. The number of hydrogen-bond acceptors (Lipinski definition) is 2. The predicted octanol–water partition coefficient (Wildman–Crippen LogP) is 5.46. The van der Waals surface area contributed by atoms with Crippen LogP contribution in [0.25, 0.3) is 17.0 Å². The fraction of sp³-hybridized carbons (Fsp3) is 0.0400. The van der Waals surface area contributed by atoms with E-state index in [2.05, 4.69) is 5.43 Å². The van der Waals surface area contributed by atoms with Gasteiger partial charge in [-0.2, -0.15) is 0 Å². The topological polar surface area (TPSA) is 54.3 Å². The number of hydrogen-bond donors (Lipinski definition) is 1. The first-order valence-corrected chi connectivity index (χ1v) is 10.7. The summed E-state index contributed by atoms with van der Waals surface area (Å²) < 4.78 is 2.04. The zero-order valence-electron chi connectivity index (χ0n) is 16.8. The number of carbonyl (C=O) groups is 2. The molecule has 0 atom stereocenters. The normalized spacial score (nSPS) is 15.1. The molecule has 1 fully saturated rings. The van der Waals surface area contributed by atoms with Gasteiger partial charge in [-0.05, 0) is 42.0 Å². The SMILES string of the molecule is O=C1NN(c2ccccc2)C(=O)C1=Cc1cn(Cc2ccc(Cl)cc2Cl)c2ccccc12. The second kappa shape index (κ2) is 8.19. The number of nitrogens with one attached hydrogen (secondary N) is 1. The van der Waals surface area contributed by atoms with E-state index in [4.69, 9.17) is 23.2 Å². The van der Waals surface area contributed by atoms with Gasteiger partial charge in [0.05, 0.1) is 5.69 Å². The van der Waals surface area contributed by atoms with E-state index in [1.165, 1.54) is 5.01 Å². The molecule has 5 rings (SSSR count). The van der Waals surface area contributed by atoms with Crippen molar-refractivity contribution in [1.82, 2.24) is 9.99 Å². The maximum absolute atomic E-state index is 13.0. The van der Waals surface area contributed by atoms with Crippen LogP contribution in [0.5, 0.6) is 0 Å². The van der Waals surface area contributed by atoms with Gasteiger partial charge in [0, 0.05) is 39.3 Å². The highest BCUT2D eigenvalue weighted by molar-refractivity contribution is 6.35. The molecule has 1 aliphatic heterocycles. The first kappa shape index (κ1) is 20.4. The lowest BCUT2D eigenvalue weighted by molar-refractivity contribution is -0.117. The summed E-state index contributed by atoms with van der Waals surface area (Å²) in [6.45, 7) is 0.524. The van der Waals surface area contributed by atoms with Gasteiger partial charge in [0.1, 0.15) is 5.57 Å². The first-order chi connectivity index (χ1) is 15.5. The molecule has 1 saturated heterocycles. The Labute approximate surface area is 194 Å². The lowest BCUT2D eigenvalue weighted by Crippen LogP contribution is -2.35. The Bertz CT molecular complexity index is 1390. The molecule has 1 N–H and O–H groups in total. The summed E-state index contributed by atoms with van der Waals surface area (Å²) in [5.41, 5.74) is 5.99. The molecule has 0 spiro atoms. The van der Waals surface area contributed by atoms with Crippen LogP contribution in [0, 0.1) is 0 Å². The van der Waals surface area contributed by atoms with E-state index < -0.39 is 11.8 Å². The molecule has 0 radical (unpaired) electrons. The summed E-state index contributed by atoms with van der Waals surface area (Å²) in [4.78, 5) is 25.6. The first-order valence-electron chi connectivity index (χ1n) is 9.95. The van der Waals surface area contributed by atoms with Crippen molar-refractivity contribution in [3.63, 3.8) is 0 Å². The number of benzene rings is 3. The molecule has 0 unspecified atom stereocenters. The Balaban J connectivity index is 1.54. The van der Waals surface area contributed by atoms with Crippen molar-refractivity contribution < 1.29 is 9.59 Å². The molecule has 32 heavy (non-hydrogen) atoms. The van der Waals surface area contributed by atoms with Crippen molar-refractivity contribution in [3.8, 4) is 0 Å². The average molecular weight is 462 g/mol. The Morgan fingerprint density at radius 2 is 1.66 bits per heavy atom. The number of nitrogens with zero attached hydrogens (tertiary/aromatic N) is 2. The minimum Gasteiger partial charge on any atom is -0.342 e. The number of rotatable bonds is 4. The van der Waals surface area contributed by atoms with Gasteiger partial charge < -0.3 is 4.57 Å². The van der Waals surface area contributed by atoms with Gasteiger partial charge >= 0.3 is 0 Å². The Kier molecular flexibility index (Phi) is 5.21. The number of fused-ring (bicyclic) bond motifs is 1. The maximum Gasteiger partial charge on any atom is 0.282 e. The highest BCUT2D eigenvalue weighted by atomic mass is 35.5. The molecule has 0 bridgehead atoms. The summed E-state index contributed by atoms with van der Waals surface area (Å²) in [6.07, 6.45) is 3.57. The number of halogens is 2. The predicted molar refractivity (Wildman–Crippen MR) is 128 cm³/mol. The van der Waals surface area contributed by atoms with Crippen LogP contribution < -0.4 is 10.4 Å². The summed E-state index contributed by atoms with van der Waals surface area (Å²) in [5.74, 6) is -0.824. The summed E-state index contributed by atoms with van der Waals surface area (Å²) >= 11 is 12.4. The molecule has 7 heteroatoms. The summed E-state index contributed by atoms with van der Waals surface area (Å²) in [7, 11) is 0. The maximum atomic E-state index is 13.0. The zero-order chi connectivity index (χ0) is 22.2. The standard InChI is InChI=1S/C25H17Cl2N3O2/c26-18-11-10-16(22(27)13-18)14-29-15-17(20-8-4-5-9-23(20)29)12-21-24(31)28-30(25(21)32)19-6-2-1-3-7-19/h1-13,15H,14H2,(H,28,31). The minimum absolute atomic E-state index is 0.0845. The van der Waals surface area contributed by atoms with Gasteiger partial charge in [-0.15, -0.1) is 0 Å². The number of aromatic nitrogens is 1. The number of amides is 2. The minimum atomic E-state index is -0.434. The lowest BCUT2D eigenvalue weighted by Gasteiger charge is -2.13. The quantitative estimate of drug-likeness (QED) is 0.324. The van der Waals surface area contributed by atoms with Crippen LogP contribution in [-0.4, -0.2) is 16.4 Å². The highest BCUT2D eigenvalue weighted by Crippen LogP contribution is 2.29. The van der Waals surface area contributed by atoms with Crippen molar-refractivity contribution in [2.45, 2.75) is 6.54 Å². The molecule has 5 nitrogen and oxygen atoms in total. The third-order valence-corrected chi connectivity index (χ3v) is 5.97. The van der Waals surface area contributed by atoms with E-state index in [9.17, 15) is 9.59 Å². The molecule has 0 aliphatic carbocycles. The fourth-order valence-corrected chi connectivity index (χ4v) is 4.29. The second-order valence-electron chi connectivity index (χ2n) is 7.44. The van der Waals surface area contributed by atoms with E-state index in [0.29, 0.717) is 22.3 Å². The van der Waals surface area contributed by atoms with Crippen LogP contribution >= 0.6 is 23.2 Å². The molecule has 4 aromatic rings. The molecule has 158 valence electrons. The van der Waals surface area contributed by atoms with E-state index in [0.717, 1.165) is 22.0 Å². The molecular formula is C25H17Cl2N3O2. The van der Waals surface area contributed by atoms with Crippen LogP contribution in [0.4, 0.5) is 5.69 Å². The summed E-state index contributed by atoms with van der Waals surface area (Å²) in [6, 6.07) is 22.3. The van der Waals surface area contributed by atoms with E-state index in [1.54, 1.807) is 30.3 Å². The van der Waals surface area contributed by atoms with Gasteiger partial charge in [-0.3, -0.25) is 15.0 Å². The molecular weight excluding hydrogens is 445 g/mol. The Morgan fingerprint density at radius 1 is 0.906 bits per heavy atom. The largest absolute Gasteiger partial charge is 0.342 e. The van der Waals surface area contributed by atoms with Crippen LogP contribution in [0.2, 0.25) is 10.0 Å². The van der Waals surface area contributed by atoms with E-state index >= 15 is 0 Å². The van der Waals surface area contributed by atoms with Crippen LogP contribution in [0.15, 0.2) is 84.6 Å². The lowest BCUT2D eigenvalue weighted by atomic mass is 10.1. The summed E-state index contributed by atoms with van der Waals surface area (Å²) in [5, 5.41) is 3.36. The van der Waals surface area contributed by atoms with Crippen molar-refractivity contribution in [2.75, 3.05) is 5.01 Å². The van der Waals surface area contributed by atoms with Crippen molar-refractivity contribution in [1.29, 1.82) is 0 Å². The van der Waals surface area contributed by atoms with E-state index in [1.807, 2.05) is 59.3 Å². The second-order valence-corrected chi connectivity index (χ2v) is 8.28. The molecule has 3 aromatic carbocycles. The fourth-order valence-electron chi connectivity index (χ4n) is 3.83. The molecule has 1 aromatic heterocycles. The van der Waals surface area contributed by atoms with Gasteiger partial charge in [0.2, 0.25) is 0 Å². The number of para-hydroxylation sites is 2. The Hall–Kier alpha value is -3.54. The number of hydrazine groups is 1. The van der Waals surface area contributed by atoms with Crippen molar-refractivity contribution >= 4 is 57.7 Å². The Morgan fingerprint density at radius 3 is 2.44 bits per heavy atom. The third kappa shape index (κ3) is 3.66. The van der Waals surface area contributed by atoms with Crippen LogP contribution in [0.1, 0.15) is 11.1 Å². The monoisotopic (exact) mass is 461 g/mol. The van der Waals surface area contributed by atoms with Crippen molar-refractivity contribution in [2.24, 2.45) is 0 Å². The number of carbonyl (C=O) groups excluding carboxylic acids is 2. The van der Waals surface area contributed by atoms with Gasteiger partial charge in [0.15, 0.2) is 0 Å². The molecule has 0 saturated carbocycles. The molecule has 1 aliphatic rings. The molecule has 2 amide bonds. The smallest absolute Gasteiger partial charge is 0.282 e.